The Hall–Kier alpha value is -3.22. The zero-order valence-corrected chi connectivity index (χ0v) is 16.2. The van der Waals surface area contributed by atoms with E-state index in [1.165, 1.54) is 13.2 Å². The van der Waals surface area contributed by atoms with Gasteiger partial charge in [0.1, 0.15) is 18.2 Å². The Morgan fingerprint density at radius 3 is 2.70 bits per heavy atom. The van der Waals surface area contributed by atoms with Gasteiger partial charge in [0.05, 0.1) is 11.6 Å². The second-order valence-electron chi connectivity index (χ2n) is 5.37. The highest BCUT2D eigenvalue weighted by molar-refractivity contribution is 9.10. The molecular formula is C21H17BrN2O3. The molecule has 0 radical (unpaired) electrons. The van der Waals surface area contributed by atoms with Crippen molar-refractivity contribution in [3.8, 4) is 29.9 Å². The number of nitrogens with zero attached hydrogens (tertiary/aromatic N) is 1. The van der Waals surface area contributed by atoms with E-state index in [9.17, 15) is 10.1 Å². The van der Waals surface area contributed by atoms with Gasteiger partial charge in [0.15, 0.2) is 11.5 Å². The molecule has 0 aliphatic rings. The van der Waals surface area contributed by atoms with Gasteiger partial charge in [-0.05, 0) is 45.3 Å². The maximum Gasteiger partial charge on any atom is 0.262 e. The third-order valence-electron chi connectivity index (χ3n) is 3.52. The molecule has 0 saturated carbocycles. The van der Waals surface area contributed by atoms with Gasteiger partial charge in [0, 0.05) is 6.54 Å². The Kier molecular flexibility index (Phi) is 7.49. The number of rotatable bonds is 7. The van der Waals surface area contributed by atoms with E-state index in [4.69, 9.17) is 15.9 Å². The highest BCUT2D eigenvalue weighted by atomic mass is 79.9. The number of carbonyl (C=O) groups excluding carboxylic acids is 1. The molecule has 0 spiro atoms. The standard InChI is InChI=1S/C21H17BrN2O3/c1-3-9-27-20-18(22)11-16(12-19(20)26-2)10-17(13-23)21(25)24-14-15-7-5-4-6-8-15/h1,4-8,10-12H,9,14H2,2H3,(H,24,25)/b17-10-. The molecule has 2 aromatic rings. The van der Waals surface area contributed by atoms with Gasteiger partial charge in [-0.15, -0.1) is 6.42 Å². The van der Waals surface area contributed by atoms with E-state index in [2.05, 4.69) is 27.2 Å². The van der Waals surface area contributed by atoms with E-state index in [-0.39, 0.29) is 12.2 Å². The van der Waals surface area contributed by atoms with E-state index < -0.39 is 5.91 Å². The second-order valence-corrected chi connectivity index (χ2v) is 6.22. The molecule has 1 amide bonds. The van der Waals surface area contributed by atoms with Crippen molar-refractivity contribution in [3.05, 3.63) is 63.6 Å². The van der Waals surface area contributed by atoms with E-state index in [0.29, 0.717) is 28.1 Å². The third-order valence-corrected chi connectivity index (χ3v) is 4.11. The summed E-state index contributed by atoms with van der Waals surface area (Å²) in [6.45, 7) is 0.431. The van der Waals surface area contributed by atoms with Gasteiger partial charge in [-0.2, -0.15) is 5.26 Å². The topological polar surface area (TPSA) is 71.3 Å². The number of halogens is 1. The van der Waals surface area contributed by atoms with Gasteiger partial charge in [-0.25, -0.2) is 0 Å². The number of nitrogens with one attached hydrogen (secondary N) is 1. The van der Waals surface area contributed by atoms with Gasteiger partial charge in [0.2, 0.25) is 0 Å². The van der Waals surface area contributed by atoms with Gasteiger partial charge >= 0.3 is 0 Å². The van der Waals surface area contributed by atoms with Crippen LogP contribution in [0.5, 0.6) is 11.5 Å². The Bertz CT molecular complexity index is 925. The highest BCUT2D eigenvalue weighted by Gasteiger charge is 2.13. The Balaban J connectivity index is 2.21. The number of nitriles is 1. The zero-order valence-electron chi connectivity index (χ0n) is 14.7. The summed E-state index contributed by atoms with van der Waals surface area (Å²) < 4.78 is 11.4. The number of benzene rings is 2. The van der Waals surface area contributed by atoms with Crippen LogP contribution in [0.1, 0.15) is 11.1 Å². The average molecular weight is 425 g/mol. The minimum atomic E-state index is -0.455. The molecule has 0 atom stereocenters. The fourth-order valence-electron chi connectivity index (χ4n) is 2.27. The molecule has 6 heteroatoms. The molecule has 1 N–H and O–H groups in total. The predicted molar refractivity (Wildman–Crippen MR) is 107 cm³/mol. The summed E-state index contributed by atoms with van der Waals surface area (Å²) in [4.78, 5) is 12.3. The van der Waals surface area contributed by atoms with Crippen molar-refractivity contribution in [1.29, 1.82) is 5.26 Å². The number of ether oxygens (including phenoxy) is 2. The van der Waals surface area contributed by atoms with Crippen LogP contribution in [0.3, 0.4) is 0 Å². The van der Waals surface area contributed by atoms with Crippen molar-refractivity contribution in [2.45, 2.75) is 6.54 Å². The molecule has 0 bridgehead atoms. The van der Waals surface area contributed by atoms with Gasteiger partial charge < -0.3 is 14.8 Å². The third kappa shape index (κ3) is 5.64. The summed E-state index contributed by atoms with van der Waals surface area (Å²) >= 11 is 3.39. The zero-order chi connectivity index (χ0) is 19.6. The second kappa shape index (κ2) is 10.1. The Morgan fingerprint density at radius 2 is 2.07 bits per heavy atom. The van der Waals surface area contributed by atoms with Crippen LogP contribution in [-0.4, -0.2) is 19.6 Å². The van der Waals surface area contributed by atoms with E-state index in [1.54, 1.807) is 12.1 Å². The molecule has 0 aromatic heterocycles. The first-order chi connectivity index (χ1) is 13.1. The van der Waals surface area contributed by atoms with Crippen molar-refractivity contribution < 1.29 is 14.3 Å². The molecule has 0 heterocycles. The first kappa shape index (κ1) is 20.1. The van der Waals surface area contributed by atoms with E-state index >= 15 is 0 Å². The molecule has 27 heavy (non-hydrogen) atoms. The van der Waals surface area contributed by atoms with Crippen LogP contribution in [-0.2, 0) is 11.3 Å². The summed E-state index contributed by atoms with van der Waals surface area (Å²) in [5.41, 5.74) is 1.54. The first-order valence-electron chi connectivity index (χ1n) is 7.96. The number of terminal acetylenes is 1. The van der Waals surface area contributed by atoms with Crippen molar-refractivity contribution in [1.82, 2.24) is 5.32 Å². The minimum absolute atomic E-state index is 0.0165. The molecular weight excluding hydrogens is 408 g/mol. The van der Waals surface area contributed by atoms with Crippen LogP contribution in [0.15, 0.2) is 52.5 Å². The summed E-state index contributed by atoms with van der Waals surface area (Å²) in [6.07, 6.45) is 6.70. The van der Waals surface area contributed by atoms with Crippen molar-refractivity contribution in [2.75, 3.05) is 13.7 Å². The fourth-order valence-corrected chi connectivity index (χ4v) is 2.84. The number of hydrogen-bond donors (Lipinski definition) is 1. The maximum absolute atomic E-state index is 12.3. The molecule has 136 valence electrons. The molecule has 0 fully saturated rings. The molecule has 5 nitrogen and oxygen atoms in total. The van der Waals surface area contributed by atoms with Gasteiger partial charge in [-0.3, -0.25) is 4.79 Å². The van der Waals surface area contributed by atoms with E-state index in [0.717, 1.165) is 5.56 Å². The average Bonchev–Trinajstić information content (AvgIpc) is 2.69. The first-order valence-corrected chi connectivity index (χ1v) is 8.76. The number of carbonyl (C=O) groups is 1. The normalized spacial score (nSPS) is 10.4. The molecule has 0 saturated heterocycles. The predicted octanol–water partition coefficient (Wildman–Crippen LogP) is 3.69. The molecule has 0 aliphatic heterocycles. The quantitative estimate of drug-likeness (QED) is 0.417. The summed E-state index contributed by atoms with van der Waals surface area (Å²) in [6, 6.07) is 14.8. The van der Waals surface area contributed by atoms with Crippen LogP contribution in [0, 0.1) is 23.7 Å². The summed E-state index contributed by atoms with van der Waals surface area (Å²) in [7, 11) is 1.50. The molecule has 0 unspecified atom stereocenters. The Labute approximate surface area is 166 Å². The molecule has 0 aliphatic carbocycles. The lowest BCUT2D eigenvalue weighted by Gasteiger charge is -2.12. The maximum atomic E-state index is 12.3. The summed E-state index contributed by atoms with van der Waals surface area (Å²) in [5.74, 6) is 2.83. The SMILES string of the molecule is C#CCOc1c(Br)cc(/C=C(/C#N)C(=O)NCc2ccccc2)cc1OC. The van der Waals surface area contributed by atoms with Crippen LogP contribution in [0.25, 0.3) is 6.08 Å². The fraction of sp³-hybridized carbons (Fsp3) is 0.143. The Morgan fingerprint density at radius 1 is 1.33 bits per heavy atom. The van der Waals surface area contributed by atoms with E-state index in [1.807, 2.05) is 36.4 Å². The van der Waals surface area contributed by atoms with Crippen LogP contribution < -0.4 is 14.8 Å². The van der Waals surface area contributed by atoms with Crippen molar-refractivity contribution in [2.24, 2.45) is 0 Å². The lowest BCUT2D eigenvalue weighted by molar-refractivity contribution is -0.117. The van der Waals surface area contributed by atoms with Crippen LogP contribution >= 0.6 is 15.9 Å². The number of methoxy groups -OCH3 is 1. The van der Waals surface area contributed by atoms with Crippen molar-refractivity contribution >= 4 is 27.9 Å². The lowest BCUT2D eigenvalue weighted by Crippen LogP contribution is -2.23. The monoisotopic (exact) mass is 424 g/mol. The van der Waals surface area contributed by atoms with Gasteiger partial charge in [-0.1, -0.05) is 36.3 Å². The van der Waals surface area contributed by atoms with Crippen molar-refractivity contribution in [3.63, 3.8) is 0 Å². The highest BCUT2D eigenvalue weighted by Crippen LogP contribution is 2.37. The number of hydrogen-bond acceptors (Lipinski definition) is 4. The number of amides is 1. The summed E-state index contributed by atoms with van der Waals surface area (Å²) in [5, 5.41) is 12.1. The largest absolute Gasteiger partial charge is 0.493 e. The molecule has 2 rings (SSSR count). The van der Waals surface area contributed by atoms with Crippen LogP contribution in [0.2, 0.25) is 0 Å². The van der Waals surface area contributed by atoms with Crippen LogP contribution in [0.4, 0.5) is 0 Å². The lowest BCUT2D eigenvalue weighted by atomic mass is 10.1. The minimum Gasteiger partial charge on any atom is -0.493 e. The smallest absolute Gasteiger partial charge is 0.262 e. The molecule has 2 aromatic carbocycles. The van der Waals surface area contributed by atoms with Gasteiger partial charge in [0.25, 0.3) is 5.91 Å².